The molecule has 52 heavy (non-hydrogen) atoms. The highest BCUT2D eigenvalue weighted by Gasteiger charge is 2.47. The first-order chi connectivity index (χ1) is 25.4. The summed E-state index contributed by atoms with van der Waals surface area (Å²) >= 11 is 8.11. The Balaban J connectivity index is 0.873. The van der Waals surface area contributed by atoms with Crippen LogP contribution < -0.4 is 14.5 Å². The van der Waals surface area contributed by atoms with Crippen molar-refractivity contribution in [2.75, 3.05) is 102 Å². The fraction of sp³-hybridized carbons (Fsp3) is 0.600. The zero-order valence-corrected chi connectivity index (χ0v) is 30.5. The quantitative estimate of drug-likeness (QED) is 0.0867. The Kier molecular flexibility index (Phi) is 12.2. The number of aromatic nitrogens is 5. The predicted octanol–water partition coefficient (Wildman–Crippen LogP) is 2.92. The fourth-order valence-corrected chi connectivity index (χ4v) is 8.21. The Bertz CT molecular complexity index is 1830. The van der Waals surface area contributed by atoms with Gasteiger partial charge in [-0.1, -0.05) is 17.3 Å². The van der Waals surface area contributed by atoms with Crippen molar-refractivity contribution in [3.8, 4) is 18.1 Å². The van der Waals surface area contributed by atoms with Crippen LogP contribution >= 0.6 is 22.9 Å². The van der Waals surface area contributed by atoms with Crippen molar-refractivity contribution in [1.82, 2.24) is 24.7 Å². The molecule has 3 aliphatic rings. The number of terminal acetylenes is 1. The summed E-state index contributed by atoms with van der Waals surface area (Å²) in [6.07, 6.45) is 7.36. The standard InChI is InChI=1S/C35H44ClN7O8S/c1-2-8-46-9-10-47-11-12-48-13-14-49-15-16-50-24-4-5-26-29(17-24)52-34(38-26)41-7-3-6-35(21-41)22-42(23-35)31-25-19-37-43(32(25)40-33(36)39-31)30-18-27(45)28(20-44)51-30/h1,4-5,17,19,27-28,30,44-45H,3,6-16,18,20-23H2. The second-order valence-electron chi connectivity index (χ2n) is 13.2. The largest absolute Gasteiger partial charge is 0.491 e. The first kappa shape index (κ1) is 37.0. The molecule has 7 rings (SSSR count). The number of rotatable bonds is 18. The average Bonchev–Trinajstić information content (AvgIpc) is 3.86. The van der Waals surface area contributed by atoms with Gasteiger partial charge in [-0.25, -0.2) is 9.67 Å². The molecular weight excluding hydrogens is 714 g/mol. The van der Waals surface area contributed by atoms with Crippen LogP contribution in [0.15, 0.2) is 24.4 Å². The highest BCUT2D eigenvalue weighted by atomic mass is 35.5. The first-order valence-electron chi connectivity index (χ1n) is 17.6. The van der Waals surface area contributed by atoms with Crippen LogP contribution in [-0.2, 0) is 23.7 Å². The summed E-state index contributed by atoms with van der Waals surface area (Å²) in [4.78, 5) is 18.7. The van der Waals surface area contributed by atoms with Crippen LogP contribution in [0, 0.1) is 17.8 Å². The Labute approximate surface area is 310 Å². The lowest BCUT2D eigenvalue weighted by Gasteiger charge is -2.55. The Morgan fingerprint density at radius 3 is 2.44 bits per heavy atom. The number of thiazole rings is 1. The van der Waals surface area contributed by atoms with E-state index < -0.39 is 18.4 Å². The number of hydrogen-bond acceptors (Lipinski definition) is 15. The smallest absolute Gasteiger partial charge is 0.226 e. The summed E-state index contributed by atoms with van der Waals surface area (Å²) in [7, 11) is 0. The van der Waals surface area contributed by atoms with Crippen molar-refractivity contribution >= 4 is 55.1 Å². The highest BCUT2D eigenvalue weighted by Crippen LogP contribution is 2.45. The average molecular weight is 758 g/mol. The van der Waals surface area contributed by atoms with Crippen molar-refractivity contribution in [3.63, 3.8) is 0 Å². The number of aliphatic hydroxyl groups excluding tert-OH is 2. The van der Waals surface area contributed by atoms with E-state index >= 15 is 0 Å². The molecular formula is C35H44ClN7O8S. The maximum atomic E-state index is 10.3. The minimum Gasteiger partial charge on any atom is -0.491 e. The molecule has 2 N–H and O–H groups in total. The van der Waals surface area contributed by atoms with Gasteiger partial charge in [0.15, 0.2) is 17.0 Å². The van der Waals surface area contributed by atoms with Gasteiger partial charge in [-0.05, 0) is 42.6 Å². The van der Waals surface area contributed by atoms with Crippen molar-refractivity contribution in [3.05, 3.63) is 29.7 Å². The minimum atomic E-state index is -0.780. The summed E-state index contributed by atoms with van der Waals surface area (Å²) in [5.74, 6) is 3.94. The predicted molar refractivity (Wildman–Crippen MR) is 195 cm³/mol. The van der Waals surface area contributed by atoms with Crippen molar-refractivity contribution in [1.29, 1.82) is 0 Å². The van der Waals surface area contributed by atoms with E-state index in [9.17, 15) is 10.2 Å². The van der Waals surface area contributed by atoms with Gasteiger partial charge in [0, 0.05) is 38.0 Å². The monoisotopic (exact) mass is 757 g/mol. The summed E-state index contributed by atoms with van der Waals surface area (Å²) in [6, 6.07) is 6.02. The molecule has 4 aromatic rings. The van der Waals surface area contributed by atoms with Crippen molar-refractivity contribution < 1.29 is 38.6 Å². The maximum absolute atomic E-state index is 10.3. The molecule has 3 saturated heterocycles. The number of halogens is 1. The van der Waals surface area contributed by atoms with Gasteiger partial charge < -0.3 is 48.4 Å². The van der Waals surface area contributed by atoms with Crippen molar-refractivity contribution in [2.24, 2.45) is 5.41 Å². The van der Waals surface area contributed by atoms with E-state index in [1.165, 1.54) is 0 Å². The number of aliphatic hydroxyl groups is 2. The van der Waals surface area contributed by atoms with Crippen LogP contribution in [0.1, 0.15) is 25.5 Å². The van der Waals surface area contributed by atoms with Crippen LogP contribution in [0.3, 0.4) is 0 Å². The van der Waals surface area contributed by atoms with Crippen molar-refractivity contribution in [2.45, 2.75) is 37.7 Å². The second kappa shape index (κ2) is 17.2. The fourth-order valence-electron chi connectivity index (χ4n) is 7.03. The SMILES string of the molecule is C#CCOCCOCCOCCOCCOc1ccc2nc(N3CCCC4(C3)CN(c3nc(Cl)nc5c3cnn5C3CC(O)C(CO)O3)C4)sc2c1. The Morgan fingerprint density at radius 2 is 1.71 bits per heavy atom. The lowest BCUT2D eigenvalue weighted by atomic mass is 9.73. The van der Waals surface area contributed by atoms with Gasteiger partial charge in [0.2, 0.25) is 5.28 Å². The maximum Gasteiger partial charge on any atom is 0.226 e. The molecule has 0 radical (unpaired) electrons. The number of fused-ring (bicyclic) bond motifs is 2. The molecule has 3 unspecified atom stereocenters. The van der Waals surface area contributed by atoms with Gasteiger partial charge in [-0.15, -0.1) is 6.42 Å². The molecule has 0 aliphatic carbocycles. The Hall–Kier alpha value is -3.37. The third kappa shape index (κ3) is 8.54. The van der Waals surface area contributed by atoms with E-state index in [4.69, 9.17) is 51.4 Å². The third-order valence-electron chi connectivity index (χ3n) is 9.49. The lowest BCUT2D eigenvalue weighted by Crippen LogP contribution is -2.63. The molecule has 0 amide bonds. The van der Waals surface area contributed by atoms with Gasteiger partial charge in [-0.3, -0.25) is 0 Å². The molecule has 3 fully saturated rings. The summed E-state index contributed by atoms with van der Waals surface area (Å²) in [6.45, 7) is 7.39. The van der Waals surface area contributed by atoms with Gasteiger partial charge in [0.25, 0.3) is 0 Å². The Morgan fingerprint density at radius 1 is 0.981 bits per heavy atom. The summed E-state index contributed by atoms with van der Waals surface area (Å²) in [5, 5.41) is 26.2. The van der Waals surface area contributed by atoms with Gasteiger partial charge >= 0.3 is 0 Å². The number of ether oxygens (including phenoxy) is 6. The number of anilines is 2. The van der Waals surface area contributed by atoms with Gasteiger partial charge in [0.05, 0.1) is 80.8 Å². The molecule has 6 heterocycles. The van der Waals surface area contributed by atoms with E-state index in [0.717, 1.165) is 71.3 Å². The van der Waals surface area contributed by atoms with Gasteiger partial charge in [-0.2, -0.15) is 15.1 Å². The van der Waals surface area contributed by atoms with Crippen LogP contribution in [0.5, 0.6) is 5.75 Å². The first-order valence-corrected chi connectivity index (χ1v) is 18.8. The number of hydrogen-bond donors (Lipinski definition) is 2. The van der Waals surface area contributed by atoms with Gasteiger partial charge in [0.1, 0.15) is 30.9 Å². The van der Waals surface area contributed by atoms with E-state index in [-0.39, 0.29) is 17.3 Å². The van der Waals surface area contributed by atoms with E-state index in [0.29, 0.717) is 71.5 Å². The molecule has 1 aromatic carbocycles. The van der Waals surface area contributed by atoms with E-state index in [1.54, 1.807) is 22.2 Å². The zero-order chi connectivity index (χ0) is 35.9. The van der Waals surface area contributed by atoms with Crippen LogP contribution in [0.4, 0.5) is 10.9 Å². The van der Waals surface area contributed by atoms with E-state index in [2.05, 4.69) is 30.8 Å². The highest BCUT2D eigenvalue weighted by molar-refractivity contribution is 7.22. The van der Waals surface area contributed by atoms with Crippen LogP contribution in [0.2, 0.25) is 5.28 Å². The topological polar surface area (TPSA) is 159 Å². The van der Waals surface area contributed by atoms with Crippen LogP contribution in [0.25, 0.3) is 21.3 Å². The number of benzene rings is 1. The molecule has 17 heteroatoms. The van der Waals surface area contributed by atoms with E-state index in [1.807, 2.05) is 18.2 Å². The number of piperidine rings is 1. The lowest BCUT2D eigenvalue weighted by molar-refractivity contribution is -0.0470. The third-order valence-corrected chi connectivity index (χ3v) is 10.7. The molecule has 3 aromatic heterocycles. The van der Waals surface area contributed by atoms with Crippen LogP contribution in [-0.4, -0.2) is 139 Å². The molecule has 280 valence electrons. The normalized spacial score (nSPS) is 21.3. The minimum absolute atomic E-state index is 0.105. The summed E-state index contributed by atoms with van der Waals surface area (Å²) in [5.41, 5.74) is 1.61. The molecule has 0 saturated carbocycles. The molecule has 3 aliphatic heterocycles. The molecule has 0 bridgehead atoms. The summed E-state index contributed by atoms with van der Waals surface area (Å²) < 4.78 is 36.2. The zero-order valence-electron chi connectivity index (χ0n) is 28.9. The number of nitrogens with zero attached hydrogens (tertiary/aromatic N) is 7. The molecule has 3 atom stereocenters. The molecule has 15 nitrogen and oxygen atoms in total. The second-order valence-corrected chi connectivity index (χ2v) is 14.6. The molecule has 1 spiro atoms.